The number of rotatable bonds is 6. The zero-order valence-electron chi connectivity index (χ0n) is 25.3. The maximum atomic E-state index is 12.2. The first-order valence-corrected chi connectivity index (χ1v) is 15.2. The molecule has 2 aromatic heterocycles. The highest BCUT2D eigenvalue weighted by molar-refractivity contribution is 6.29. The minimum absolute atomic E-state index is 0.0121. The van der Waals surface area contributed by atoms with Crippen LogP contribution in [0.15, 0.2) is 92.0 Å². The van der Waals surface area contributed by atoms with Crippen LogP contribution in [-0.2, 0) is 9.47 Å². The number of hydrogen-bond acceptors (Lipinski definition) is 8. The molecule has 0 spiro atoms. The van der Waals surface area contributed by atoms with Crippen molar-refractivity contribution < 1.29 is 9.47 Å². The monoisotopic (exact) mass is 638 g/mol. The number of aromatic amines is 2. The lowest BCUT2D eigenvalue weighted by Gasteiger charge is -2.16. The molecule has 6 rings (SSSR count). The third-order valence-electron chi connectivity index (χ3n) is 7.44. The van der Waals surface area contributed by atoms with Crippen LogP contribution in [0.5, 0.6) is 0 Å². The second-order valence-electron chi connectivity index (χ2n) is 10.8. The van der Waals surface area contributed by atoms with Crippen molar-refractivity contribution in [1.82, 2.24) is 19.1 Å². The lowest BCUT2D eigenvalue weighted by atomic mass is 10.1. The van der Waals surface area contributed by atoms with Crippen molar-refractivity contribution in [3.63, 3.8) is 0 Å². The quantitative estimate of drug-likeness (QED) is 0.233. The van der Waals surface area contributed by atoms with Crippen molar-refractivity contribution in [1.29, 1.82) is 0 Å². The number of ether oxygens (including phenoxy) is 2. The predicted molar refractivity (Wildman–Crippen MR) is 174 cm³/mol. The number of hydrogen-bond donors (Lipinski definition) is 4. The third kappa shape index (κ3) is 9.38. The Hall–Kier alpha value is -4.23. The number of aromatic nitrogens is 4. The van der Waals surface area contributed by atoms with Gasteiger partial charge in [0.2, 0.25) is 0 Å². The van der Waals surface area contributed by atoms with E-state index in [1.54, 1.807) is 0 Å². The fourth-order valence-electron chi connectivity index (χ4n) is 5.02. The van der Waals surface area contributed by atoms with E-state index in [2.05, 4.69) is 15.3 Å². The van der Waals surface area contributed by atoms with Gasteiger partial charge in [-0.1, -0.05) is 72.3 Å². The molecule has 0 bridgehead atoms. The number of H-pyrrole nitrogens is 2. The number of nitrogens with two attached hydrogens (primary N) is 1. The molecule has 0 aliphatic carbocycles. The summed E-state index contributed by atoms with van der Waals surface area (Å²) in [4.78, 5) is 52.4. The second kappa shape index (κ2) is 16.2. The molecule has 2 unspecified atom stereocenters. The van der Waals surface area contributed by atoms with E-state index in [9.17, 15) is 19.2 Å². The first kappa shape index (κ1) is 33.7. The minimum atomic E-state index is -0.474. The molecule has 2 aromatic carbocycles. The first-order chi connectivity index (χ1) is 21.6. The highest BCUT2D eigenvalue weighted by Crippen LogP contribution is 2.18. The number of nitrogens with one attached hydrogen (secondary N) is 3. The average molecular weight is 639 g/mol. The van der Waals surface area contributed by atoms with Gasteiger partial charge < -0.3 is 20.5 Å². The number of halogens is 1. The van der Waals surface area contributed by atoms with E-state index in [4.69, 9.17) is 26.8 Å². The lowest BCUT2D eigenvalue weighted by Crippen LogP contribution is -2.38. The SMILES string of the molecule is C[C@H](N)c1ccccc1.C[C@H](Nc1cc(=O)n(C2CCOC2)c(=O)[nH]1)c1ccccc1.O=c1cc(Cl)[nH]c(=O)n1C1CCOC1. The molecule has 2 aliphatic rings. The fourth-order valence-corrected chi connectivity index (χ4v) is 5.19. The Labute approximate surface area is 264 Å². The maximum Gasteiger partial charge on any atom is 0.330 e. The summed E-state index contributed by atoms with van der Waals surface area (Å²) in [6, 6.07) is 22.3. The van der Waals surface area contributed by atoms with Crippen molar-refractivity contribution in [3.8, 4) is 0 Å². The summed E-state index contributed by atoms with van der Waals surface area (Å²) in [6.07, 6.45) is 1.38. The molecule has 240 valence electrons. The summed E-state index contributed by atoms with van der Waals surface area (Å²) in [6.45, 7) is 5.95. The topological polar surface area (TPSA) is 166 Å². The number of benzene rings is 2. The zero-order chi connectivity index (χ0) is 32.3. The molecule has 12 nitrogen and oxygen atoms in total. The maximum absolute atomic E-state index is 12.2. The number of nitrogens with zero attached hydrogens (tertiary/aromatic N) is 2. The van der Waals surface area contributed by atoms with E-state index in [-0.39, 0.29) is 40.4 Å². The van der Waals surface area contributed by atoms with E-state index < -0.39 is 11.4 Å². The molecule has 2 fully saturated rings. The normalized spacial score (nSPS) is 18.6. The van der Waals surface area contributed by atoms with Crippen LogP contribution in [0.2, 0.25) is 5.15 Å². The highest BCUT2D eigenvalue weighted by Gasteiger charge is 2.22. The van der Waals surface area contributed by atoms with Gasteiger partial charge in [-0.3, -0.25) is 28.7 Å². The van der Waals surface area contributed by atoms with Gasteiger partial charge in [-0.2, -0.15) is 0 Å². The van der Waals surface area contributed by atoms with Crippen LogP contribution in [-0.4, -0.2) is 45.5 Å². The molecule has 0 radical (unpaired) electrons. The summed E-state index contributed by atoms with van der Waals surface area (Å²) in [5.41, 5.74) is 6.33. The summed E-state index contributed by atoms with van der Waals surface area (Å²) >= 11 is 5.53. The predicted octanol–water partition coefficient (Wildman–Crippen LogP) is 3.53. The van der Waals surface area contributed by atoms with Crippen molar-refractivity contribution in [2.45, 2.75) is 50.9 Å². The van der Waals surface area contributed by atoms with Gasteiger partial charge in [-0.25, -0.2) is 9.59 Å². The van der Waals surface area contributed by atoms with Crippen LogP contribution >= 0.6 is 11.6 Å². The molecule has 2 aliphatic heterocycles. The minimum Gasteiger partial charge on any atom is -0.379 e. The molecule has 5 N–H and O–H groups in total. The van der Waals surface area contributed by atoms with Crippen LogP contribution in [0.1, 0.15) is 62.0 Å². The molecule has 2 saturated heterocycles. The molecule has 13 heteroatoms. The molecule has 0 amide bonds. The van der Waals surface area contributed by atoms with E-state index in [0.29, 0.717) is 45.1 Å². The van der Waals surface area contributed by atoms with Crippen molar-refractivity contribution >= 4 is 17.4 Å². The molecular formula is C32H39ClN6O6. The summed E-state index contributed by atoms with van der Waals surface area (Å²) in [7, 11) is 0. The molecule has 45 heavy (non-hydrogen) atoms. The van der Waals surface area contributed by atoms with Gasteiger partial charge in [0.15, 0.2) is 0 Å². The van der Waals surface area contributed by atoms with E-state index in [0.717, 1.165) is 10.1 Å². The van der Waals surface area contributed by atoms with Gasteiger partial charge >= 0.3 is 11.4 Å². The Kier molecular flexibility index (Phi) is 12.1. The summed E-state index contributed by atoms with van der Waals surface area (Å²) in [5.74, 6) is 0.432. The van der Waals surface area contributed by atoms with Gasteiger partial charge in [0, 0.05) is 37.4 Å². The smallest absolute Gasteiger partial charge is 0.330 e. The average Bonchev–Trinajstić information content (AvgIpc) is 3.74. The first-order valence-electron chi connectivity index (χ1n) is 14.8. The van der Waals surface area contributed by atoms with Crippen molar-refractivity contribution in [2.75, 3.05) is 31.7 Å². The summed E-state index contributed by atoms with van der Waals surface area (Å²) < 4.78 is 12.7. The molecular weight excluding hydrogens is 600 g/mol. The van der Waals surface area contributed by atoms with Crippen LogP contribution in [0.4, 0.5) is 5.82 Å². The highest BCUT2D eigenvalue weighted by atomic mass is 35.5. The lowest BCUT2D eigenvalue weighted by molar-refractivity contribution is 0.185. The van der Waals surface area contributed by atoms with Gasteiger partial charge in [0.1, 0.15) is 11.0 Å². The Balaban J connectivity index is 0.000000171. The number of anilines is 1. The van der Waals surface area contributed by atoms with Crippen LogP contribution in [0.25, 0.3) is 0 Å². The largest absolute Gasteiger partial charge is 0.379 e. The fraction of sp³-hybridized carbons (Fsp3) is 0.375. The van der Waals surface area contributed by atoms with E-state index in [1.165, 1.54) is 22.3 Å². The Morgan fingerprint density at radius 2 is 1.27 bits per heavy atom. The van der Waals surface area contributed by atoms with Gasteiger partial charge in [0.05, 0.1) is 25.3 Å². The van der Waals surface area contributed by atoms with Gasteiger partial charge in [0.25, 0.3) is 11.1 Å². The second-order valence-corrected chi connectivity index (χ2v) is 11.2. The Morgan fingerprint density at radius 1 is 0.778 bits per heavy atom. The van der Waals surface area contributed by atoms with Gasteiger partial charge in [-0.05, 0) is 37.8 Å². The van der Waals surface area contributed by atoms with E-state index in [1.807, 2.05) is 74.5 Å². The Morgan fingerprint density at radius 3 is 1.69 bits per heavy atom. The third-order valence-corrected chi connectivity index (χ3v) is 7.64. The van der Waals surface area contributed by atoms with Crippen molar-refractivity contribution in [3.05, 3.63) is 131 Å². The molecule has 4 heterocycles. The standard InChI is InChI=1S/C16H19N3O3.C8H9ClN2O3.C8H11N/c1-11(12-5-3-2-4-6-12)17-14-9-15(20)19(16(21)18-14)13-7-8-22-10-13;9-6-3-7(12)11(8(13)10-6)5-1-2-14-4-5;1-7(9)8-5-3-2-4-6-8/h2-6,9,11,13,17H,7-8,10H2,1H3,(H,18,21);3,5H,1-2,4H2,(H,10,13);2-7H,9H2,1H3/t11-,13?;;7-/m0.0/s1. The van der Waals surface area contributed by atoms with Crippen LogP contribution in [0, 0.1) is 0 Å². The molecule has 0 saturated carbocycles. The van der Waals surface area contributed by atoms with Gasteiger partial charge in [-0.15, -0.1) is 0 Å². The van der Waals surface area contributed by atoms with Crippen LogP contribution < -0.4 is 33.5 Å². The van der Waals surface area contributed by atoms with Crippen molar-refractivity contribution in [2.24, 2.45) is 5.73 Å². The van der Waals surface area contributed by atoms with Crippen LogP contribution in [0.3, 0.4) is 0 Å². The molecule has 4 aromatic rings. The van der Waals surface area contributed by atoms with E-state index >= 15 is 0 Å². The Bertz CT molecular complexity index is 1680. The summed E-state index contributed by atoms with van der Waals surface area (Å²) in [5, 5.41) is 3.22. The molecule has 4 atom stereocenters. The zero-order valence-corrected chi connectivity index (χ0v) is 26.0.